The Kier molecular flexibility index (Phi) is 3.90. The zero-order chi connectivity index (χ0) is 16.5. The number of benzene rings is 1. The average Bonchev–Trinajstić information content (AvgIpc) is 3.10. The van der Waals surface area contributed by atoms with Crippen molar-refractivity contribution in [3.63, 3.8) is 0 Å². The smallest absolute Gasteiger partial charge is 0.262 e. The van der Waals surface area contributed by atoms with Gasteiger partial charge in [0, 0.05) is 25.2 Å². The molecule has 1 amide bonds. The van der Waals surface area contributed by atoms with Crippen LogP contribution in [0.2, 0.25) is 0 Å². The van der Waals surface area contributed by atoms with Gasteiger partial charge in [0.05, 0.1) is 11.7 Å². The van der Waals surface area contributed by atoms with Gasteiger partial charge in [-0.05, 0) is 35.9 Å². The second-order valence-electron chi connectivity index (χ2n) is 5.91. The summed E-state index contributed by atoms with van der Waals surface area (Å²) in [7, 11) is 0. The zero-order valence-electron chi connectivity index (χ0n) is 13.1. The van der Waals surface area contributed by atoms with E-state index in [2.05, 4.69) is 11.1 Å². The maximum absolute atomic E-state index is 12.7. The van der Waals surface area contributed by atoms with Crippen LogP contribution in [0.4, 0.5) is 5.69 Å². The van der Waals surface area contributed by atoms with E-state index in [1.165, 1.54) is 21.5 Å². The summed E-state index contributed by atoms with van der Waals surface area (Å²) in [5.74, 6) is 0.0551. The Balaban J connectivity index is 1.53. The number of carbonyl (C=O) groups excluding carboxylic acids is 1. The van der Waals surface area contributed by atoms with Gasteiger partial charge < -0.3 is 4.90 Å². The first-order valence-electron chi connectivity index (χ1n) is 8.05. The topological polar surface area (TPSA) is 55.2 Å². The molecule has 2 aromatic heterocycles. The number of aromatic nitrogens is 2. The number of para-hydroxylation sites is 1. The Hall–Kier alpha value is -2.47. The fourth-order valence-electron chi connectivity index (χ4n) is 3.20. The van der Waals surface area contributed by atoms with Crippen molar-refractivity contribution in [2.24, 2.45) is 0 Å². The number of thiophene rings is 1. The molecule has 1 aliphatic rings. The van der Waals surface area contributed by atoms with Crippen LogP contribution in [-0.4, -0.2) is 22.0 Å². The molecule has 0 N–H and O–H groups in total. The Bertz CT molecular complexity index is 960. The number of rotatable bonds is 3. The number of amides is 1. The zero-order valence-corrected chi connectivity index (χ0v) is 14.0. The molecule has 0 unspecified atom stereocenters. The summed E-state index contributed by atoms with van der Waals surface area (Å²) in [6, 6.07) is 9.83. The van der Waals surface area contributed by atoms with Gasteiger partial charge in [0.25, 0.3) is 5.56 Å². The molecule has 1 aliphatic heterocycles. The lowest BCUT2D eigenvalue weighted by molar-refractivity contribution is -0.118. The van der Waals surface area contributed by atoms with Gasteiger partial charge in [0.1, 0.15) is 4.83 Å². The Labute approximate surface area is 143 Å². The number of carbonyl (C=O) groups is 1. The molecule has 0 saturated heterocycles. The summed E-state index contributed by atoms with van der Waals surface area (Å²) in [6.07, 6.45) is 3.83. The summed E-state index contributed by atoms with van der Waals surface area (Å²) >= 11 is 1.45. The third-order valence-electron chi connectivity index (χ3n) is 4.43. The van der Waals surface area contributed by atoms with Crippen molar-refractivity contribution >= 4 is 33.1 Å². The van der Waals surface area contributed by atoms with E-state index in [0.29, 0.717) is 18.4 Å². The minimum Gasteiger partial charge on any atom is -0.312 e. The Morgan fingerprint density at radius 3 is 3.04 bits per heavy atom. The van der Waals surface area contributed by atoms with Crippen molar-refractivity contribution in [1.29, 1.82) is 0 Å². The molecule has 0 fully saturated rings. The lowest BCUT2D eigenvalue weighted by Gasteiger charge is -2.29. The Morgan fingerprint density at radius 1 is 1.25 bits per heavy atom. The quantitative estimate of drug-likeness (QED) is 0.737. The fourth-order valence-corrected chi connectivity index (χ4v) is 3.92. The van der Waals surface area contributed by atoms with Gasteiger partial charge in [-0.25, -0.2) is 4.98 Å². The largest absolute Gasteiger partial charge is 0.312 e. The summed E-state index contributed by atoms with van der Waals surface area (Å²) in [4.78, 5) is 31.9. The molecule has 24 heavy (non-hydrogen) atoms. The van der Waals surface area contributed by atoms with Crippen LogP contribution in [0.3, 0.4) is 0 Å². The highest BCUT2D eigenvalue weighted by Gasteiger charge is 2.21. The molecule has 6 heteroatoms. The summed E-state index contributed by atoms with van der Waals surface area (Å²) < 4.78 is 1.53. The third kappa shape index (κ3) is 2.63. The molecule has 1 aromatic carbocycles. The van der Waals surface area contributed by atoms with Crippen molar-refractivity contribution in [3.8, 4) is 0 Å². The van der Waals surface area contributed by atoms with Gasteiger partial charge in [-0.2, -0.15) is 0 Å². The molecule has 122 valence electrons. The monoisotopic (exact) mass is 339 g/mol. The van der Waals surface area contributed by atoms with Crippen LogP contribution in [0.5, 0.6) is 0 Å². The summed E-state index contributed by atoms with van der Waals surface area (Å²) in [5, 5.41) is 2.48. The maximum Gasteiger partial charge on any atom is 0.262 e. The molecule has 5 nitrogen and oxygen atoms in total. The molecule has 3 heterocycles. The van der Waals surface area contributed by atoms with Gasteiger partial charge in [0.15, 0.2) is 0 Å². The SMILES string of the molecule is O=C(CCn1cnc2sccc2c1=O)N1CCCc2ccccc21. The van der Waals surface area contributed by atoms with Crippen LogP contribution < -0.4 is 10.5 Å². The molecule has 0 saturated carbocycles. The van der Waals surface area contributed by atoms with Crippen LogP contribution in [0.15, 0.2) is 46.8 Å². The molecule has 0 aliphatic carbocycles. The van der Waals surface area contributed by atoms with Crippen molar-refractivity contribution < 1.29 is 4.79 Å². The van der Waals surface area contributed by atoms with Gasteiger partial charge >= 0.3 is 0 Å². The predicted molar refractivity (Wildman–Crippen MR) is 95.6 cm³/mol. The van der Waals surface area contributed by atoms with Gasteiger partial charge in [-0.1, -0.05) is 18.2 Å². The molecule has 0 radical (unpaired) electrons. The van der Waals surface area contributed by atoms with Crippen LogP contribution in [0.25, 0.3) is 10.2 Å². The van der Waals surface area contributed by atoms with Gasteiger partial charge in [-0.15, -0.1) is 11.3 Å². The lowest BCUT2D eigenvalue weighted by Crippen LogP contribution is -2.36. The minimum absolute atomic E-state index is 0.0551. The van der Waals surface area contributed by atoms with Gasteiger partial charge in [-0.3, -0.25) is 14.2 Å². The van der Waals surface area contributed by atoms with E-state index >= 15 is 0 Å². The first-order valence-corrected chi connectivity index (χ1v) is 8.93. The van der Waals surface area contributed by atoms with E-state index in [1.54, 1.807) is 12.4 Å². The number of hydrogen-bond donors (Lipinski definition) is 0. The van der Waals surface area contributed by atoms with Gasteiger partial charge in [0.2, 0.25) is 5.91 Å². The Morgan fingerprint density at radius 2 is 2.12 bits per heavy atom. The number of nitrogens with zero attached hydrogens (tertiary/aromatic N) is 3. The van der Waals surface area contributed by atoms with E-state index < -0.39 is 0 Å². The molecule has 0 atom stereocenters. The van der Waals surface area contributed by atoms with Crippen LogP contribution in [0, 0.1) is 0 Å². The predicted octanol–water partition coefficient (Wildman–Crippen LogP) is 2.83. The molecule has 0 bridgehead atoms. The average molecular weight is 339 g/mol. The molecule has 4 rings (SSSR count). The van der Waals surface area contributed by atoms with E-state index in [-0.39, 0.29) is 11.5 Å². The van der Waals surface area contributed by atoms with E-state index in [4.69, 9.17) is 0 Å². The summed E-state index contributed by atoms with van der Waals surface area (Å²) in [5.41, 5.74) is 2.15. The standard InChI is InChI=1S/C18H17N3O2S/c22-16(21-9-3-5-13-4-1-2-6-15(13)21)7-10-20-12-19-17-14(18(20)23)8-11-24-17/h1-2,4,6,8,11-12H,3,5,7,9-10H2. The molecular weight excluding hydrogens is 322 g/mol. The maximum atomic E-state index is 12.7. The van der Waals surface area contributed by atoms with Crippen molar-refractivity contribution in [3.05, 3.63) is 58.0 Å². The first kappa shape index (κ1) is 15.1. The van der Waals surface area contributed by atoms with Crippen LogP contribution in [0.1, 0.15) is 18.4 Å². The number of aryl methyl sites for hydroxylation is 2. The van der Waals surface area contributed by atoms with Crippen molar-refractivity contribution in [2.45, 2.75) is 25.8 Å². The van der Waals surface area contributed by atoms with E-state index in [9.17, 15) is 9.59 Å². The molecule has 0 spiro atoms. The number of anilines is 1. The van der Waals surface area contributed by atoms with Crippen LogP contribution >= 0.6 is 11.3 Å². The molecule has 3 aromatic rings. The first-order chi connectivity index (χ1) is 11.7. The lowest BCUT2D eigenvalue weighted by atomic mass is 10.0. The second-order valence-corrected chi connectivity index (χ2v) is 6.80. The highest BCUT2D eigenvalue weighted by atomic mass is 32.1. The minimum atomic E-state index is -0.0758. The van der Waals surface area contributed by atoms with E-state index in [0.717, 1.165) is 29.9 Å². The van der Waals surface area contributed by atoms with Crippen LogP contribution in [-0.2, 0) is 17.8 Å². The van der Waals surface area contributed by atoms with E-state index in [1.807, 2.05) is 28.5 Å². The summed E-state index contributed by atoms with van der Waals surface area (Å²) in [6.45, 7) is 1.10. The number of fused-ring (bicyclic) bond motifs is 2. The van der Waals surface area contributed by atoms with Crippen molar-refractivity contribution in [2.75, 3.05) is 11.4 Å². The normalized spacial score (nSPS) is 13.9. The highest BCUT2D eigenvalue weighted by Crippen LogP contribution is 2.27. The highest BCUT2D eigenvalue weighted by molar-refractivity contribution is 7.16. The number of hydrogen-bond acceptors (Lipinski definition) is 4. The third-order valence-corrected chi connectivity index (χ3v) is 5.25. The van der Waals surface area contributed by atoms with Crippen molar-refractivity contribution in [1.82, 2.24) is 9.55 Å². The molecular formula is C18H17N3O2S. The fraction of sp³-hybridized carbons (Fsp3) is 0.278. The second kappa shape index (κ2) is 6.20.